The Morgan fingerprint density at radius 3 is 0.894 bits per heavy atom. The van der Waals surface area contributed by atoms with Crippen LogP contribution in [0.4, 0.5) is 0 Å². The first-order valence-corrected chi connectivity index (χ1v) is 49.0. The molecule has 0 saturated carbocycles. The minimum atomic E-state index is -0.523. The van der Waals surface area contributed by atoms with Gasteiger partial charge in [0.1, 0.15) is 0 Å². The summed E-state index contributed by atoms with van der Waals surface area (Å²) in [5, 5.41) is 12.4. The van der Waals surface area contributed by atoms with Gasteiger partial charge in [0.15, 0.2) is 0 Å². The van der Waals surface area contributed by atoms with E-state index < -0.39 is 5.41 Å². The van der Waals surface area contributed by atoms with Gasteiger partial charge in [-0.25, -0.2) is 15.0 Å². The summed E-state index contributed by atoms with van der Waals surface area (Å²) in [6, 6.07) is 187. The fraction of sp³-hybridized carbons (Fsp3) is 0.0507. The van der Waals surface area contributed by atoms with E-state index in [-0.39, 0.29) is 10.8 Å². The number of rotatable bonds is 13. The van der Waals surface area contributed by atoms with E-state index in [0.717, 1.165) is 73.1 Å². The van der Waals surface area contributed by atoms with Crippen molar-refractivity contribution in [2.45, 2.75) is 43.9 Å². The summed E-state index contributed by atoms with van der Waals surface area (Å²) in [6.07, 6.45) is 0. The molecule has 21 aromatic carbocycles. The third-order valence-electron chi connectivity index (χ3n) is 29.8. The molecule has 3 heteroatoms. The third kappa shape index (κ3) is 15.0. The Balaban J connectivity index is 0.000000113. The molecule has 3 nitrogen and oxygen atoms in total. The average Bonchev–Trinajstić information content (AvgIpc) is 1.51. The highest BCUT2D eigenvalue weighted by Gasteiger charge is 2.48. The SMILES string of the molecule is CC1(C)c2ccccc2-c2c1cc1ccccc1c2-c1ccc(-c2cc(-c3ccccc3)cc(-c3ccccc3)n2)cc1.CC1(C)c2ccccc2-c2c1cc1ccccc1c2-c1cccc(-c2cc(-c3ccccc3)cc(-c3ccccc3)n2)c1.c1ccc(C2(c3ccccc3)c3ccccc3-c3c2cc2ccccc2c3-c2cc(-c3ccc4ccccc4c3)cc(-c3ccc4ccccc4c3)n2)cc1. The van der Waals surface area contributed by atoms with E-state index in [9.17, 15) is 0 Å². The molecule has 141 heavy (non-hydrogen) atoms. The molecule has 0 spiro atoms. The van der Waals surface area contributed by atoms with Crippen molar-refractivity contribution in [3.63, 3.8) is 0 Å². The second-order valence-corrected chi connectivity index (χ2v) is 38.7. The number of fused-ring (bicyclic) bond motifs is 14. The number of pyridine rings is 3. The number of hydrogen-bond acceptors (Lipinski definition) is 3. The van der Waals surface area contributed by atoms with Gasteiger partial charge in [-0.3, -0.25) is 0 Å². The van der Waals surface area contributed by atoms with E-state index >= 15 is 0 Å². The van der Waals surface area contributed by atoms with E-state index in [4.69, 9.17) is 15.0 Å². The Labute approximate surface area is 823 Å². The van der Waals surface area contributed by atoms with Crippen LogP contribution in [-0.4, -0.2) is 15.0 Å². The van der Waals surface area contributed by atoms with Crippen molar-refractivity contribution < 1.29 is 0 Å². The highest BCUT2D eigenvalue weighted by Crippen LogP contribution is 2.62. The summed E-state index contributed by atoms with van der Waals surface area (Å²) in [7, 11) is 0. The van der Waals surface area contributed by atoms with Crippen LogP contribution in [0.3, 0.4) is 0 Å². The quantitative estimate of drug-likeness (QED) is 0.115. The van der Waals surface area contributed by atoms with Crippen LogP contribution in [0.5, 0.6) is 0 Å². The van der Waals surface area contributed by atoms with Gasteiger partial charge in [-0.1, -0.05) is 471 Å². The summed E-state index contributed by atoms with van der Waals surface area (Å²) in [6.45, 7) is 9.43. The Morgan fingerprint density at radius 1 is 0.142 bits per heavy atom. The molecule has 0 fully saturated rings. The van der Waals surface area contributed by atoms with Crippen LogP contribution in [0.2, 0.25) is 0 Å². The van der Waals surface area contributed by atoms with Gasteiger partial charge in [-0.15, -0.1) is 0 Å². The monoisotopic (exact) mass is 1800 g/mol. The minimum Gasteiger partial charge on any atom is -0.248 e. The van der Waals surface area contributed by atoms with Crippen LogP contribution in [-0.2, 0) is 16.2 Å². The molecule has 0 amide bonds. The third-order valence-corrected chi connectivity index (χ3v) is 29.8. The zero-order chi connectivity index (χ0) is 94.3. The van der Waals surface area contributed by atoms with Gasteiger partial charge in [0.2, 0.25) is 0 Å². The molecule has 0 N–H and O–H groups in total. The first kappa shape index (κ1) is 85.1. The predicted octanol–water partition coefficient (Wildman–Crippen LogP) is 36.3. The Morgan fingerprint density at radius 2 is 0.426 bits per heavy atom. The first-order valence-electron chi connectivity index (χ1n) is 49.0. The summed E-state index contributed by atoms with van der Waals surface area (Å²) in [5.74, 6) is 0. The van der Waals surface area contributed by atoms with Crippen molar-refractivity contribution in [1.29, 1.82) is 0 Å². The zero-order valence-electron chi connectivity index (χ0n) is 78.9. The number of benzene rings is 21. The molecule has 0 unspecified atom stereocenters. The second kappa shape index (κ2) is 35.2. The summed E-state index contributed by atoms with van der Waals surface area (Å²) in [5.41, 5.74) is 42.5. The van der Waals surface area contributed by atoms with Crippen molar-refractivity contribution >= 4 is 53.9 Å². The van der Waals surface area contributed by atoms with Crippen LogP contribution in [0.1, 0.15) is 72.2 Å². The summed E-state index contributed by atoms with van der Waals surface area (Å²) in [4.78, 5) is 16.0. The molecule has 3 aliphatic rings. The smallest absolute Gasteiger partial charge is 0.0728 e. The van der Waals surface area contributed by atoms with Crippen molar-refractivity contribution in [3.8, 4) is 157 Å². The van der Waals surface area contributed by atoms with E-state index in [1.807, 2.05) is 6.07 Å². The van der Waals surface area contributed by atoms with Gasteiger partial charge < -0.3 is 0 Å². The van der Waals surface area contributed by atoms with Crippen molar-refractivity contribution in [2.24, 2.45) is 0 Å². The molecule has 0 aliphatic heterocycles. The molecule has 3 aromatic heterocycles. The van der Waals surface area contributed by atoms with E-state index in [1.165, 1.54) is 182 Å². The highest BCUT2D eigenvalue weighted by atomic mass is 14.7. The van der Waals surface area contributed by atoms with Crippen molar-refractivity contribution in [3.05, 3.63) is 560 Å². The van der Waals surface area contributed by atoms with Gasteiger partial charge in [0, 0.05) is 44.2 Å². The van der Waals surface area contributed by atoms with Crippen molar-refractivity contribution in [1.82, 2.24) is 15.0 Å². The number of nitrogens with zero attached hydrogens (tertiary/aromatic N) is 3. The fourth-order valence-corrected chi connectivity index (χ4v) is 22.9. The summed E-state index contributed by atoms with van der Waals surface area (Å²) < 4.78 is 0. The van der Waals surface area contributed by atoms with Gasteiger partial charge in [-0.05, 0) is 260 Å². The van der Waals surface area contributed by atoms with E-state index in [2.05, 4.69) is 537 Å². The molecule has 3 heterocycles. The van der Waals surface area contributed by atoms with Crippen LogP contribution in [0.15, 0.2) is 516 Å². The molecular formula is C138H97N3. The van der Waals surface area contributed by atoms with Crippen LogP contribution in [0.25, 0.3) is 210 Å². The molecule has 3 aliphatic carbocycles. The Hall–Kier alpha value is -17.6. The fourth-order valence-electron chi connectivity index (χ4n) is 22.9. The molecule has 27 rings (SSSR count). The molecule has 0 atom stereocenters. The normalized spacial score (nSPS) is 13.0. The standard InChI is InChI=1S/C54H35N.2C42H31N/c1-3-20-44(21-4-1)54(45-22-5-2-6-23-45)48-26-14-13-25-47(48)52-49(54)33-41-19-11-12-24-46(41)53(52)51-35-43(40-29-27-36-15-7-9-17-38(36)31-40)34-50(55-51)42-30-28-37-16-8-10-18-39(37)32-42;1-42(2)36-23-12-11-22-35(36)41-37(42)25-30-18-9-10-21-34(30)40(41)32-20-13-19-31(24-32)39-27-33(28-14-5-3-6-15-28)26-38(43-39)29-16-7-4-8-17-29;1-42(2)36-20-12-11-19-35(36)41-37(42)25-32-17-9-10-18-34(32)40(41)31-23-21-30(22-24-31)39-27-33(28-13-5-3-6-14-28)26-38(43-39)29-15-7-4-8-16-29/h1-35H;2*3-27H,1-2H3. The Bertz CT molecular complexity index is 8740. The summed E-state index contributed by atoms with van der Waals surface area (Å²) >= 11 is 0. The molecule has 664 valence electrons. The largest absolute Gasteiger partial charge is 0.248 e. The maximum atomic E-state index is 5.66. The van der Waals surface area contributed by atoms with E-state index in [1.54, 1.807) is 0 Å². The predicted molar refractivity (Wildman–Crippen MR) is 592 cm³/mol. The van der Waals surface area contributed by atoms with Gasteiger partial charge in [0.25, 0.3) is 0 Å². The average molecular weight is 1800 g/mol. The Kier molecular flexibility index (Phi) is 21.2. The molecule has 0 radical (unpaired) electrons. The lowest BCUT2D eigenvalue weighted by molar-refractivity contribution is 0.661. The molecule has 0 saturated heterocycles. The van der Waals surface area contributed by atoms with Gasteiger partial charge in [0.05, 0.1) is 39.6 Å². The first-order chi connectivity index (χ1) is 69.4. The maximum absolute atomic E-state index is 5.66. The van der Waals surface area contributed by atoms with Crippen LogP contribution < -0.4 is 0 Å². The lowest BCUT2D eigenvalue weighted by atomic mass is 9.67. The minimum absolute atomic E-state index is 0.0553. The van der Waals surface area contributed by atoms with Gasteiger partial charge >= 0.3 is 0 Å². The molecule has 0 bridgehead atoms. The number of hydrogen-bond donors (Lipinski definition) is 0. The number of aromatic nitrogens is 3. The van der Waals surface area contributed by atoms with Crippen LogP contribution in [0, 0.1) is 0 Å². The zero-order valence-corrected chi connectivity index (χ0v) is 78.9. The van der Waals surface area contributed by atoms with Crippen molar-refractivity contribution in [2.75, 3.05) is 0 Å². The van der Waals surface area contributed by atoms with Crippen LogP contribution >= 0.6 is 0 Å². The lowest BCUT2D eigenvalue weighted by Crippen LogP contribution is -2.28. The van der Waals surface area contributed by atoms with Gasteiger partial charge in [-0.2, -0.15) is 0 Å². The second-order valence-electron chi connectivity index (χ2n) is 38.7. The molecule has 24 aromatic rings. The topological polar surface area (TPSA) is 38.7 Å². The highest BCUT2D eigenvalue weighted by molar-refractivity contribution is 6.12. The lowest BCUT2D eigenvalue weighted by Gasteiger charge is -2.34. The maximum Gasteiger partial charge on any atom is 0.0728 e. The molecular weight excluding hydrogens is 1700 g/mol. The van der Waals surface area contributed by atoms with E-state index in [0.29, 0.717) is 0 Å².